The van der Waals surface area contributed by atoms with Gasteiger partial charge in [-0.3, -0.25) is 4.79 Å². The third-order valence-corrected chi connectivity index (χ3v) is 3.85. The highest BCUT2D eigenvalue weighted by molar-refractivity contribution is 5.69. The van der Waals surface area contributed by atoms with Crippen LogP contribution in [0.3, 0.4) is 0 Å². The van der Waals surface area contributed by atoms with Crippen LogP contribution in [0.1, 0.15) is 46.1 Å². The van der Waals surface area contributed by atoms with E-state index in [4.69, 9.17) is 14.2 Å². The van der Waals surface area contributed by atoms with Crippen LogP contribution in [-0.2, 0) is 14.9 Å². The minimum Gasteiger partial charge on any atom is -0.461 e. The Morgan fingerprint density at radius 1 is 1.30 bits per heavy atom. The zero-order chi connectivity index (χ0) is 14.8. The number of esters is 1. The van der Waals surface area contributed by atoms with Crippen molar-refractivity contribution < 1.29 is 19.0 Å². The largest absolute Gasteiger partial charge is 0.461 e. The number of carbonyl (C=O) groups excluding carboxylic acids is 1. The van der Waals surface area contributed by atoms with Crippen LogP contribution in [0.4, 0.5) is 0 Å². The molecule has 1 aromatic rings. The second-order valence-electron chi connectivity index (χ2n) is 5.53. The molecule has 0 fully saturated rings. The summed E-state index contributed by atoms with van der Waals surface area (Å²) in [5, 5.41) is 0. The highest BCUT2D eigenvalue weighted by atomic mass is 16.7. The van der Waals surface area contributed by atoms with E-state index in [1.807, 2.05) is 32.0 Å². The molecule has 0 spiro atoms. The molecule has 0 aromatic heterocycles. The van der Waals surface area contributed by atoms with Gasteiger partial charge in [-0.1, -0.05) is 33.8 Å². The summed E-state index contributed by atoms with van der Waals surface area (Å²) < 4.78 is 16.3. The molecule has 1 atom stereocenters. The van der Waals surface area contributed by atoms with Crippen molar-refractivity contribution in [3.8, 4) is 11.5 Å². The van der Waals surface area contributed by atoms with E-state index in [0.29, 0.717) is 6.42 Å². The molecule has 1 unspecified atom stereocenters. The van der Waals surface area contributed by atoms with Crippen molar-refractivity contribution in [2.75, 3.05) is 6.79 Å². The average Bonchev–Trinajstić information content (AvgIpc) is 2.91. The lowest BCUT2D eigenvalue weighted by atomic mass is 9.78. The Morgan fingerprint density at radius 2 is 2.00 bits per heavy atom. The fourth-order valence-corrected chi connectivity index (χ4v) is 2.47. The monoisotopic (exact) mass is 278 g/mol. The molecule has 4 heteroatoms. The SMILES string of the molecule is CCC(=O)OC(CC)C(C)(C)c1ccc2c(c1)OCO2. The molecule has 1 heterocycles. The Bertz CT molecular complexity index is 493. The standard InChI is InChI=1S/C16H22O4/c1-5-14(20-15(17)6-2)16(3,4)11-7-8-12-13(9-11)19-10-18-12/h7-9,14H,5-6,10H2,1-4H3. The fraction of sp³-hybridized carbons (Fsp3) is 0.562. The first-order valence-electron chi connectivity index (χ1n) is 7.08. The summed E-state index contributed by atoms with van der Waals surface area (Å²) in [5.41, 5.74) is 0.804. The lowest BCUT2D eigenvalue weighted by Gasteiger charge is -2.33. The molecule has 1 aliphatic rings. The van der Waals surface area contributed by atoms with Gasteiger partial charge in [-0.2, -0.15) is 0 Å². The summed E-state index contributed by atoms with van der Waals surface area (Å²) in [6.07, 6.45) is 1.01. The number of hydrogen-bond donors (Lipinski definition) is 0. The first-order valence-corrected chi connectivity index (χ1v) is 7.08. The van der Waals surface area contributed by atoms with Crippen molar-refractivity contribution in [3.63, 3.8) is 0 Å². The Labute approximate surface area is 120 Å². The molecule has 0 aliphatic carbocycles. The number of rotatable bonds is 5. The van der Waals surface area contributed by atoms with Crippen molar-refractivity contribution in [3.05, 3.63) is 23.8 Å². The first kappa shape index (κ1) is 14.7. The lowest BCUT2D eigenvalue weighted by molar-refractivity contribution is -0.152. The molecule has 1 aromatic carbocycles. The predicted octanol–water partition coefficient (Wildman–Crippen LogP) is 3.42. The summed E-state index contributed by atoms with van der Waals surface area (Å²) in [4.78, 5) is 11.6. The van der Waals surface area contributed by atoms with E-state index in [0.717, 1.165) is 23.5 Å². The van der Waals surface area contributed by atoms with Gasteiger partial charge in [0.25, 0.3) is 0 Å². The van der Waals surface area contributed by atoms with E-state index >= 15 is 0 Å². The van der Waals surface area contributed by atoms with Gasteiger partial charge in [0.2, 0.25) is 6.79 Å². The summed E-state index contributed by atoms with van der Waals surface area (Å²) in [5.74, 6) is 1.36. The maximum atomic E-state index is 11.6. The van der Waals surface area contributed by atoms with Crippen molar-refractivity contribution in [1.29, 1.82) is 0 Å². The van der Waals surface area contributed by atoms with Gasteiger partial charge in [0.05, 0.1) is 0 Å². The fourth-order valence-electron chi connectivity index (χ4n) is 2.47. The quantitative estimate of drug-likeness (QED) is 0.774. The highest BCUT2D eigenvalue weighted by Gasteiger charge is 2.34. The van der Waals surface area contributed by atoms with Crippen LogP contribution in [0.5, 0.6) is 11.5 Å². The van der Waals surface area contributed by atoms with Crippen LogP contribution in [0.25, 0.3) is 0 Å². The molecule has 2 rings (SSSR count). The van der Waals surface area contributed by atoms with Crippen LogP contribution in [0.15, 0.2) is 18.2 Å². The maximum absolute atomic E-state index is 11.6. The molecular weight excluding hydrogens is 256 g/mol. The van der Waals surface area contributed by atoms with Gasteiger partial charge in [-0.05, 0) is 24.1 Å². The third kappa shape index (κ3) is 2.74. The Morgan fingerprint density at radius 3 is 2.65 bits per heavy atom. The molecule has 0 saturated carbocycles. The molecule has 4 nitrogen and oxygen atoms in total. The molecule has 20 heavy (non-hydrogen) atoms. The van der Waals surface area contributed by atoms with Gasteiger partial charge < -0.3 is 14.2 Å². The van der Waals surface area contributed by atoms with Gasteiger partial charge in [0, 0.05) is 11.8 Å². The molecule has 1 aliphatic heterocycles. The van der Waals surface area contributed by atoms with Gasteiger partial charge in [0.15, 0.2) is 11.5 Å². The van der Waals surface area contributed by atoms with Crippen LogP contribution >= 0.6 is 0 Å². The molecular formula is C16H22O4. The van der Waals surface area contributed by atoms with E-state index in [9.17, 15) is 4.79 Å². The molecule has 0 N–H and O–H groups in total. The van der Waals surface area contributed by atoms with Crippen molar-refractivity contribution in [1.82, 2.24) is 0 Å². The predicted molar refractivity (Wildman–Crippen MR) is 76.1 cm³/mol. The smallest absolute Gasteiger partial charge is 0.305 e. The molecule has 0 saturated heterocycles. The van der Waals surface area contributed by atoms with E-state index in [2.05, 4.69) is 13.8 Å². The molecule has 110 valence electrons. The van der Waals surface area contributed by atoms with Gasteiger partial charge in [-0.25, -0.2) is 0 Å². The second-order valence-corrected chi connectivity index (χ2v) is 5.53. The van der Waals surface area contributed by atoms with E-state index < -0.39 is 0 Å². The third-order valence-electron chi connectivity index (χ3n) is 3.85. The molecule has 0 bridgehead atoms. The normalized spacial score (nSPS) is 15.0. The zero-order valence-electron chi connectivity index (χ0n) is 12.6. The first-order chi connectivity index (χ1) is 9.48. The summed E-state index contributed by atoms with van der Waals surface area (Å²) in [7, 11) is 0. The topological polar surface area (TPSA) is 44.8 Å². The number of hydrogen-bond acceptors (Lipinski definition) is 4. The van der Waals surface area contributed by atoms with Crippen molar-refractivity contribution in [2.24, 2.45) is 0 Å². The minimum atomic E-state index is -0.277. The van der Waals surface area contributed by atoms with E-state index in [1.165, 1.54) is 0 Å². The summed E-state index contributed by atoms with van der Waals surface area (Å²) >= 11 is 0. The highest BCUT2D eigenvalue weighted by Crippen LogP contribution is 2.38. The Hall–Kier alpha value is -1.71. The van der Waals surface area contributed by atoms with Gasteiger partial charge >= 0.3 is 5.97 Å². The van der Waals surface area contributed by atoms with Gasteiger partial charge in [-0.15, -0.1) is 0 Å². The average molecular weight is 278 g/mol. The zero-order valence-corrected chi connectivity index (χ0v) is 12.6. The van der Waals surface area contributed by atoms with Crippen molar-refractivity contribution in [2.45, 2.75) is 52.1 Å². The van der Waals surface area contributed by atoms with E-state index in [-0.39, 0.29) is 24.3 Å². The van der Waals surface area contributed by atoms with Crippen molar-refractivity contribution >= 4 is 5.97 Å². The van der Waals surface area contributed by atoms with Crippen LogP contribution in [0, 0.1) is 0 Å². The Balaban J connectivity index is 2.25. The minimum absolute atomic E-state index is 0.157. The summed E-state index contributed by atoms with van der Waals surface area (Å²) in [6.45, 7) is 8.27. The Kier molecular flexibility index (Phi) is 4.21. The molecule has 0 radical (unpaired) electrons. The number of ether oxygens (including phenoxy) is 3. The van der Waals surface area contributed by atoms with Crippen LogP contribution in [-0.4, -0.2) is 18.9 Å². The number of fused-ring (bicyclic) bond motifs is 1. The van der Waals surface area contributed by atoms with E-state index in [1.54, 1.807) is 0 Å². The summed E-state index contributed by atoms with van der Waals surface area (Å²) in [6, 6.07) is 5.90. The molecule has 0 amide bonds. The second kappa shape index (κ2) is 5.73. The van der Waals surface area contributed by atoms with Crippen LogP contribution < -0.4 is 9.47 Å². The lowest BCUT2D eigenvalue weighted by Crippen LogP contribution is -2.37. The maximum Gasteiger partial charge on any atom is 0.305 e. The van der Waals surface area contributed by atoms with Crippen LogP contribution in [0.2, 0.25) is 0 Å². The number of carbonyl (C=O) groups is 1. The number of benzene rings is 1. The van der Waals surface area contributed by atoms with Gasteiger partial charge in [0.1, 0.15) is 6.10 Å².